The second-order valence-corrected chi connectivity index (χ2v) is 12.3. The van der Waals surface area contributed by atoms with Crippen LogP contribution in [0.3, 0.4) is 0 Å². The summed E-state index contributed by atoms with van der Waals surface area (Å²) < 4.78 is 17.6. The van der Waals surface area contributed by atoms with Gasteiger partial charge in [0.25, 0.3) is 0 Å². The summed E-state index contributed by atoms with van der Waals surface area (Å²) in [6.45, 7) is 8.62. The molecule has 5 rings (SSSR count). The number of phenolic OH excluding ortho intramolecular Hbond substituents is 2. The van der Waals surface area contributed by atoms with Crippen molar-refractivity contribution in [2.45, 2.75) is 96.0 Å². The molecule has 47 heavy (non-hydrogen) atoms. The molecule has 2 aromatic carbocycles. The molecule has 12 nitrogen and oxygen atoms in total. The highest BCUT2D eigenvalue weighted by Crippen LogP contribution is 2.52. The van der Waals surface area contributed by atoms with Crippen LogP contribution in [0.4, 0.5) is 0 Å². The number of carbonyl (C=O) groups is 3. The van der Waals surface area contributed by atoms with Gasteiger partial charge in [-0.2, -0.15) is 0 Å². The van der Waals surface area contributed by atoms with Gasteiger partial charge in [-0.05, 0) is 32.8 Å². The molecule has 0 radical (unpaired) electrons. The van der Waals surface area contributed by atoms with Crippen LogP contribution in [0, 0.1) is 0 Å². The first kappa shape index (κ1) is 36.3. The van der Waals surface area contributed by atoms with Crippen molar-refractivity contribution < 1.29 is 49.0 Å². The third-order valence-electron chi connectivity index (χ3n) is 9.17. The Morgan fingerprint density at radius 1 is 1.11 bits per heavy atom. The number of carbonyl (C=O) groups excluding carboxylic acids is 3. The molecular weight excluding hydrogens is 632 g/mol. The fraction of sp³-hybridized carbons (Fsp3) is 0.529. The number of phenols is 2. The molecule has 0 aromatic heterocycles. The average molecular weight is 675 g/mol. The van der Waals surface area contributed by atoms with Crippen LogP contribution < -0.4 is 4.74 Å². The van der Waals surface area contributed by atoms with Gasteiger partial charge in [-0.15, -0.1) is 12.4 Å². The van der Waals surface area contributed by atoms with E-state index in [0.29, 0.717) is 0 Å². The number of hydrogen-bond acceptors (Lipinski definition) is 11. The topological polar surface area (TPSA) is 175 Å². The van der Waals surface area contributed by atoms with E-state index in [9.17, 15) is 34.8 Å². The molecular formula is C34H43ClN2O10. The zero-order chi connectivity index (χ0) is 33.5. The van der Waals surface area contributed by atoms with Crippen LogP contribution in [0.15, 0.2) is 23.2 Å². The minimum atomic E-state index is -2.02. The lowest BCUT2D eigenvalue weighted by Gasteiger charge is -2.42. The maximum atomic E-state index is 13.8. The zero-order valence-corrected chi connectivity index (χ0v) is 28.0. The summed E-state index contributed by atoms with van der Waals surface area (Å²) in [7, 11) is 1.35. The summed E-state index contributed by atoms with van der Waals surface area (Å²) in [5.41, 5.74) is -3.02. The third kappa shape index (κ3) is 6.49. The molecule has 6 atom stereocenters. The zero-order valence-electron chi connectivity index (χ0n) is 27.2. The summed E-state index contributed by atoms with van der Waals surface area (Å²) in [6, 6.07) is 3.87. The number of benzene rings is 2. The van der Waals surface area contributed by atoms with E-state index in [1.165, 1.54) is 32.2 Å². The highest BCUT2D eigenvalue weighted by Gasteiger charge is 2.49. The van der Waals surface area contributed by atoms with E-state index in [1.54, 1.807) is 13.3 Å². The Balaban J connectivity index is 0.00000500. The van der Waals surface area contributed by atoms with Gasteiger partial charge in [0.2, 0.25) is 5.78 Å². The molecule has 256 valence electrons. The van der Waals surface area contributed by atoms with Crippen molar-refractivity contribution in [3.8, 4) is 17.2 Å². The normalized spacial score (nSPS) is 26.7. The quantitative estimate of drug-likeness (QED) is 0.140. The number of aromatic hydroxyl groups is 2. The van der Waals surface area contributed by atoms with Gasteiger partial charge in [-0.1, -0.05) is 26.0 Å². The monoisotopic (exact) mass is 674 g/mol. The smallest absolute Gasteiger partial charge is 0.202 e. The summed E-state index contributed by atoms with van der Waals surface area (Å²) in [5, 5.41) is 45.6. The van der Waals surface area contributed by atoms with Crippen LogP contribution in [0.2, 0.25) is 0 Å². The Morgan fingerprint density at radius 2 is 1.77 bits per heavy atom. The number of rotatable bonds is 10. The predicted octanol–water partition coefficient (Wildman–Crippen LogP) is 3.64. The van der Waals surface area contributed by atoms with E-state index in [1.807, 2.05) is 0 Å². The highest BCUT2D eigenvalue weighted by molar-refractivity contribution is 6.31. The minimum absolute atomic E-state index is 0. The van der Waals surface area contributed by atoms with Crippen LogP contribution in [0.1, 0.15) is 102 Å². The fourth-order valence-electron chi connectivity index (χ4n) is 6.73. The molecule has 2 aliphatic carbocycles. The van der Waals surface area contributed by atoms with Gasteiger partial charge in [-0.3, -0.25) is 19.4 Å². The van der Waals surface area contributed by atoms with Gasteiger partial charge >= 0.3 is 0 Å². The Hall–Kier alpha value is -3.55. The molecule has 1 aliphatic heterocycles. The lowest BCUT2D eigenvalue weighted by atomic mass is 9.72. The van der Waals surface area contributed by atoms with Crippen LogP contribution in [0.25, 0.3) is 0 Å². The number of fused-ring (bicyclic) bond motifs is 3. The number of hydrogen-bond donors (Lipinski definition) is 4. The van der Waals surface area contributed by atoms with E-state index >= 15 is 0 Å². The highest BCUT2D eigenvalue weighted by atomic mass is 35.5. The van der Waals surface area contributed by atoms with Gasteiger partial charge in [0, 0.05) is 49.0 Å². The molecule has 2 aromatic rings. The van der Waals surface area contributed by atoms with Crippen molar-refractivity contribution >= 4 is 36.1 Å². The number of methoxy groups -OCH3 is 1. The predicted molar refractivity (Wildman–Crippen MR) is 174 cm³/mol. The number of ether oxygens (including phenoxy) is 3. The van der Waals surface area contributed by atoms with E-state index < -0.39 is 82.6 Å². The van der Waals surface area contributed by atoms with E-state index in [2.05, 4.69) is 23.7 Å². The molecule has 4 N–H and O–H groups in total. The van der Waals surface area contributed by atoms with Crippen molar-refractivity contribution in [2.24, 2.45) is 4.99 Å². The Bertz CT molecular complexity index is 1570. The SMILES string of the molecule is CCCN(C=N[C@H]1CC(O[C@H]2CC(O)(C(C)=O)Cc3c(O)c4c(c(O)c32)C(=O)c2c(OC)cccc2C4=O)OC(C)C1O)CCC.Cl. The van der Waals surface area contributed by atoms with Crippen LogP contribution in [-0.4, -0.2) is 99.4 Å². The number of aliphatic imine (C=N–C) groups is 1. The number of Topliss-reactive ketones (excluding diaryl/α,β-unsaturated/α-hetero) is 1. The molecule has 4 unspecified atom stereocenters. The molecule has 0 bridgehead atoms. The van der Waals surface area contributed by atoms with Gasteiger partial charge in [-0.25, -0.2) is 0 Å². The fourth-order valence-corrected chi connectivity index (χ4v) is 6.73. The van der Waals surface area contributed by atoms with Crippen LogP contribution in [-0.2, 0) is 20.7 Å². The molecule has 0 saturated carbocycles. The summed E-state index contributed by atoms with van der Waals surface area (Å²) in [4.78, 5) is 47.0. The first-order valence-corrected chi connectivity index (χ1v) is 15.7. The number of aliphatic hydroxyl groups is 2. The van der Waals surface area contributed by atoms with E-state index in [4.69, 9.17) is 14.2 Å². The van der Waals surface area contributed by atoms with Crippen molar-refractivity contribution in [3.63, 3.8) is 0 Å². The first-order valence-electron chi connectivity index (χ1n) is 15.7. The van der Waals surface area contributed by atoms with E-state index in [-0.39, 0.29) is 53.3 Å². The Labute approximate surface area is 279 Å². The van der Waals surface area contributed by atoms with Gasteiger partial charge in [0.1, 0.15) is 29.0 Å². The molecule has 1 saturated heterocycles. The summed E-state index contributed by atoms with van der Waals surface area (Å²) in [5.74, 6) is -3.14. The van der Waals surface area contributed by atoms with Crippen molar-refractivity contribution in [1.82, 2.24) is 4.90 Å². The molecule has 0 spiro atoms. The van der Waals surface area contributed by atoms with E-state index in [0.717, 1.165) is 25.9 Å². The number of halogens is 1. The number of aliphatic hydroxyl groups excluding tert-OH is 1. The molecule has 1 fully saturated rings. The van der Waals surface area contributed by atoms with Gasteiger partial charge in [0.15, 0.2) is 17.9 Å². The Morgan fingerprint density at radius 3 is 2.38 bits per heavy atom. The minimum Gasteiger partial charge on any atom is -0.507 e. The summed E-state index contributed by atoms with van der Waals surface area (Å²) in [6.07, 6.45) is -0.938. The van der Waals surface area contributed by atoms with Crippen LogP contribution >= 0.6 is 12.4 Å². The molecule has 0 amide bonds. The Kier molecular flexibility index (Phi) is 11.0. The first-order chi connectivity index (χ1) is 21.9. The molecule has 13 heteroatoms. The number of ketones is 3. The lowest BCUT2D eigenvalue weighted by Crippen LogP contribution is -2.49. The second kappa shape index (κ2) is 14.3. The van der Waals surface area contributed by atoms with Crippen LogP contribution in [0.5, 0.6) is 17.2 Å². The molecule has 3 aliphatic rings. The van der Waals surface area contributed by atoms with Crippen molar-refractivity contribution in [2.75, 3.05) is 20.2 Å². The maximum Gasteiger partial charge on any atom is 0.202 e. The summed E-state index contributed by atoms with van der Waals surface area (Å²) >= 11 is 0. The second-order valence-electron chi connectivity index (χ2n) is 12.3. The van der Waals surface area contributed by atoms with Crippen molar-refractivity contribution in [1.29, 1.82) is 0 Å². The maximum absolute atomic E-state index is 13.8. The molecule has 1 heterocycles. The lowest BCUT2D eigenvalue weighted by molar-refractivity contribution is -0.246. The van der Waals surface area contributed by atoms with Gasteiger partial charge < -0.3 is 39.5 Å². The largest absolute Gasteiger partial charge is 0.507 e. The van der Waals surface area contributed by atoms with Crippen molar-refractivity contribution in [3.05, 3.63) is 51.6 Å². The van der Waals surface area contributed by atoms with Gasteiger partial charge in [0.05, 0.1) is 48.4 Å². The standard InChI is InChI=1S/C34H42N2O10.ClH/c1-6-11-36(12-7-2)16-35-21-13-24(45-17(3)29(21)38)46-23-15-34(43,18(4)37)14-20-26(23)33(42)28-27(31(20)40)30(39)19-9-8-10-22(44-5)25(19)32(28)41;/h8-10,16-17,21,23-24,29,38,40,42-43H,6-7,11-15H2,1-5H3;1H/t17?,21-,23-,24?,29?,34?;/m0./s1. The third-order valence-corrected chi connectivity index (χ3v) is 9.17. The number of nitrogens with zero attached hydrogens (tertiary/aromatic N) is 2. The average Bonchev–Trinajstić information content (AvgIpc) is 3.01.